The van der Waals surface area contributed by atoms with Crippen LogP contribution < -0.4 is 20.1 Å². The Labute approximate surface area is 127 Å². The number of ether oxygens (including phenoxy) is 2. The molecular weight excluding hydrogens is 268 g/mol. The van der Waals surface area contributed by atoms with E-state index in [1.54, 1.807) is 14.2 Å². The van der Waals surface area contributed by atoms with Gasteiger partial charge in [0.25, 0.3) is 0 Å². The number of carbonyl (C=O) groups excluding carboxylic acids is 1. The molecule has 0 aliphatic heterocycles. The molecule has 21 heavy (non-hydrogen) atoms. The maximum Gasteiger partial charge on any atom is 0.223 e. The first kappa shape index (κ1) is 17.3. The van der Waals surface area contributed by atoms with E-state index in [2.05, 4.69) is 24.5 Å². The molecule has 5 nitrogen and oxygen atoms in total. The Bertz CT molecular complexity index is 449. The number of hydrogen-bond acceptors (Lipinski definition) is 4. The van der Waals surface area contributed by atoms with Gasteiger partial charge in [-0.3, -0.25) is 4.79 Å². The van der Waals surface area contributed by atoms with Crippen LogP contribution in [0.2, 0.25) is 0 Å². The van der Waals surface area contributed by atoms with E-state index in [-0.39, 0.29) is 11.9 Å². The first-order chi connectivity index (χ1) is 10.1. The first-order valence-electron chi connectivity index (χ1n) is 7.37. The zero-order chi connectivity index (χ0) is 15.7. The van der Waals surface area contributed by atoms with Gasteiger partial charge < -0.3 is 20.1 Å². The second-order valence-electron chi connectivity index (χ2n) is 4.86. The van der Waals surface area contributed by atoms with E-state index in [1.165, 1.54) is 0 Å². The second kappa shape index (κ2) is 9.23. The van der Waals surface area contributed by atoms with Crippen molar-refractivity contribution in [1.29, 1.82) is 0 Å². The van der Waals surface area contributed by atoms with E-state index >= 15 is 0 Å². The van der Waals surface area contributed by atoms with Crippen LogP contribution in [0, 0.1) is 0 Å². The van der Waals surface area contributed by atoms with E-state index in [0.29, 0.717) is 24.5 Å². The van der Waals surface area contributed by atoms with Crippen LogP contribution in [0.3, 0.4) is 0 Å². The van der Waals surface area contributed by atoms with Crippen LogP contribution in [-0.2, 0) is 4.79 Å². The van der Waals surface area contributed by atoms with Crippen LogP contribution >= 0.6 is 0 Å². The molecule has 1 aromatic carbocycles. The summed E-state index contributed by atoms with van der Waals surface area (Å²) in [7, 11) is 3.23. The molecule has 0 bridgehead atoms. The highest BCUT2D eigenvalue weighted by Crippen LogP contribution is 2.30. The van der Waals surface area contributed by atoms with Crippen molar-refractivity contribution >= 4 is 5.91 Å². The summed E-state index contributed by atoms with van der Waals surface area (Å²) >= 11 is 0. The molecule has 0 spiro atoms. The van der Waals surface area contributed by atoms with Gasteiger partial charge in [0.2, 0.25) is 5.91 Å². The van der Waals surface area contributed by atoms with Crippen LogP contribution in [-0.4, -0.2) is 33.2 Å². The van der Waals surface area contributed by atoms with Gasteiger partial charge in [0.15, 0.2) is 11.5 Å². The molecule has 118 valence electrons. The van der Waals surface area contributed by atoms with E-state index in [1.807, 2.05) is 18.2 Å². The number of carbonyl (C=O) groups is 1. The van der Waals surface area contributed by atoms with Gasteiger partial charge in [-0.15, -0.1) is 0 Å². The fourth-order valence-electron chi connectivity index (χ4n) is 1.93. The summed E-state index contributed by atoms with van der Waals surface area (Å²) in [5.41, 5.74) is 1.15. The molecule has 1 rings (SSSR count). The summed E-state index contributed by atoms with van der Waals surface area (Å²) < 4.78 is 11.0. The van der Waals surface area contributed by atoms with Gasteiger partial charge in [0, 0.05) is 13.1 Å². The van der Waals surface area contributed by atoms with Gasteiger partial charge in [0.1, 0.15) is 0 Å². The predicted molar refractivity (Wildman–Crippen MR) is 83.9 cm³/mol. The average molecular weight is 294 g/mol. The molecule has 0 aromatic heterocycles. The molecule has 0 fully saturated rings. The van der Waals surface area contributed by atoms with E-state index in [0.717, 1.165) is 18.5 Å². The molecule has 1 aromatic rings. The van der Waals surface area contributed by atoms with E-state index in [4.69, 9.17) is 9.47 Å². The van der Waals surface area contributed by atoms with Crippen molar-refractivity contribution < 1.29 is 14.3 Å². The molecule has 0 aliphatic carbocycles. The monoisotopic (exact) mass is 294 g/mol. The third-order valence-corrected chi connectivity index (χ3v) is 3.25. The molecule has 0 heterocycles. The largest absolute Gasteiger partial charge is 0.493 e. The topological polar surface area (TPSA) is 59.6 Å². The number of rotatable bonds is 9. The molecular formula is C16H26N2O3. The van der Waals surface area contributed by atoms with Crippen molar-refractivity contribution in [2.24, 2.45) is 0 Å². The number of nitrogens with one attached hydrogen (secondary N) is 2. The van der Waals surface area contributed by atoms with Crippen molar-refractivity contribution in [3.05, 3.63) is 23.8 Å². The lowest BCUT2D eigenvalue weighted by Crippen LogP contribution is -2.20. The Morgan fingerprint density at radius 2 is 2.10 bits per heavy atom. The lowest BCUT2D eigenvalue weighted by Gasteiger charge is -2.16. The number of benzene rings is 1. The summed E-state index contributed by atoms with van der Waals surface area (Å²) in [4.78, 5) is 11.2. The molecule has 2 N–H and O–H groups in total. The first-order valence-corrected chi connectivity index (χ1v) is 7.37. The van der Waals surface area contributed by atoms with Crippen LogP contribution in [0.1, 0.15) is 38.3 Å². The van der Waals surface area contributed by atoms with E-state index in [9.17, 15) is 4.79 Å². The summed E-state index contributed by atoms with van der Waals surface area (Å²) in [6.07, 6.45) is 1.43. The normalized spacial score (nSPS) is 11.8. The van der Waals surface area contributed by atoms with Crippen molar-refractivity contribution in [2.45, 2.75) is 32.7 Å². The molecule has 5 heteroatoms. The van der Waals surface area contributed by atoms with Gasteiger partial charge in [0.05, 0.1) is 20.1 Å². The van der Waals surface area contributed by atoms with Crippen LogP contribution in [0.5, 0.6) is 11.5 Å². The highest BCUT2D eigenvalue weighted by molar-refractivity contribution is 5.75. The second-order valence-corrected chi connectivity index (χ2v) is 4.86. The van der Waals surface area contributed by atoms with Gasteiger partial charge in [-0.05, 0) is 37.6 Å². The van der Waals surface area contributed by atoms with E-state index < -0.39 is 0 Å². The van der Waals surface area contributed by atoms with Gasteiger partial charge in [-0.1, -0.05) is 13.0 Å². The minimum absolute atomic E-state index is 0.0389. The van der Waals surface area contributed by atoms with Gasteiger partial charge in [-0.25, -0.2) is 0 Å². The standard InChI is InChI=1S/C16H26N2O3/c1-5-9-18-12(2)13-6-7-14(15(11-13)20-4)21-10-8-16(19)17-3/h6-7,11-12,18H,5,8-10H2,1-4H3,(H,17,19). The minimum Gasteiger partial charge on any atom is -0.493 e. The Morgan fingerprint density at radius 3 is 2.71 bits per heavy atom. The lowest BCUT2D eigenvalue weighted by atomic mass is 10.1. The highest BCUT2D eigenvalue weighted by Gasteiger charge is 2.10. The van der Waals surface area contributed by atoms with Crippen molar-refractivity contribution in [3.63, 3.8) is 0 Å². The number of amides is 1. The van der Waals surface area contributed by atoms with Crippen LogP contribution in [0.25, 0.3) is 0 Å². The van der Waals surface area contributed by atoms with Crippen LogP contribution in [0.15, 0.2) is 18.2 Å². The Hall–Kier alpha value is -1.75. The van der Waals surface area contributed by atoms with Crippen molar-refractivity contribution in [2.75, 3.05) is 27.3 Å². The maximum absolute atomic E-state index is 11.2. The van der Waals surface area contributed by atoms with Crippen molar-refractivity contribution in [3.8, 4) is 11.5 Å². The maximum atomic E-state index is 11.2. The number of hydrogen-bond donors (Lipinski definition) is 2. The van der Waals surface area contributed by atoms with Gasteiger partial charge in [-0.2, -0.15) is 0 Å². The van der Waals surface area contributed by atoms with Crippen molar-refractivity contribution in [1.82, 2.24) is 10.6 Å². The molecule has 1 unspecified atom stereocenters. The summed E-state index contributed by atoms with van der Waals surface area (Å²) in [6.45, 7) is 5.58. The summed E-state index contributed by atoms with van der Waals surface area (Å²) in [5.74, 6) is 1.31. The molecule has 0 saturated heterocycles. The van der Waals surface area contributed by atoms with Crippen LogP contribution in [0.4, 0.5) is 0 Å². The molecule has 0 aliphatic rings. The summed E-state index contributed by atoms with van der Waals surface area (Å²) in [5, 5.41) is 6.00. The Balaban J connectivity index is 2.67. The Morgan fingerprint density at radius 1 is 1.33 bits per heavy atom. The fraction of sp³-hybridized carbons (Fsp3) is 0.562. The number of methoxy groups -OCH3 is 1. The lowest BCUT2D eigenvalue weighted by molar-refractivity contribution is -0.121. The Kier molecular flexibility index (Phi) is 7.61. The fourth-order valence-corrected chi connectivity index (χ4v) is 1.93. The van der Waals surface area contributed by atoms with Gasteiger partial charge >= 0.3 is 0 Å². The smallest absolute Gasteiger partial charge is 0.223 e. The highest BCUT2D eigenvalue weighted by atomic mass is 16.5. The third kappa shape index (κ3) is 5.63. The minimum atomic E-state index is -0.0389. The molecule has 0 saturated carbocycles. The quantitative estimate of drug-likeness (QED) is 0.733. The average Bonchev–Trinajstić information content (AvgIpc) is 2.52. The molecule has 1 atom stereocenters. The predicted octanol–water partition coefficient (Wildman–Crippen LogP) is 2.27. The molecule has 1 amide bonds. The summed E-state index contributed by atoms with van der Waals surface area (Å²) in [6, 6.07) is 6.15. The zero-order valence-electron chi connectivity index (χ0n) is 13.4. The third-order valence-electron chi connectivity index (χ3n) is 3.25. The SMILES string of the molecule is CCCNC(C)c1ccc(OCCC(=O)NC)c(OC)c1. The zero-order valence-corrected chi connectivity index (χ0v) is 13.4. The molecule has 0 radical (unpaired) electrons.